The van der Waals surface area contributed by atoms with Crippen LogP contribution in [0, 0.1) is 10.1 Å². The molecule has 27 heavy (non-hydrogen) atoms. The Labute approximate surface area is 154 Å². The first kappa shape index (κ1) is 17.8. The Morgan fingerprint density at radius 3 is 2.00 bits per heavy atom. The third kappa shape index (κ3) is 4.35. The second kappa shape index (κ2) is 7.92. The largest absolute Gasteiger partial charge is 0.508 e. The standard InChI is InChI=1S/C20H15N3O4/c24-18-12-8-15(9-13-18)19(14-4-2-1-3-5-14)21-22-20(25)16-6-10-17(11-7-16)23(26)27/h1-13,24H,(H,22,25). The minimum Gasteiger partial charge on any atom is -0.508 e. The monoisotopic (exact) mass is 361 g/mol. The van der Waals surface area contributed by atoms with Crippen molar-refractivity contribution >= 4 is 17.3 Å². The molecule has 0 saturated carbocycles. The van der Waals surface area contributed by atoms with Gasteiger partial charge in [0.25, 0.3) is 11.6 Å². The van der Waals surface area contributed by atoms with Crippen molar-refractivity contribution in [2.24, 2.45) is 5.10 Å². The Kier molecular flexibility index (Phi) is 5.22. The summed E-state index contributed by atoms with van der Waals surface area (Å²) in [7, 11) is 0. The fourth-order valence-electron chi connectivity index (χ4n) is 2.42. The quantitative estimate of drug-likeness (QED) is 0.412. The molecule has 0 saturated heterocycles. The molecule has 0 radical (unpaired) electrons. The van der Waals surface area contributed by atoms with Crippen LogP contribution in [0.1, 0.15) is 21.5 Å². The predicted octanol–water partition coefficient (Wildman–Crippen LogP) is 3.48. The van der Waals surface area contributed by atoms with Crippen molar-refractivity contribution in [2.45, 2.75) is 0 Å². The number of benzene rings is 3. The number of rotatable bonds is 5. The lowest BCUT2D eigenvalue weighted by Gasteiger charge is -2.08. The molecule has 0 heterocycles. The van der Waals surface area contributed by atoms with Crippen LogP contribution in [-0.4, -0.2) is 21.6 Å². The summed E-state index contributed by atoms with van der Waals surface area (Å²) < 4.78 is 0. The van der Waals surface area contributed by atoms with Gasteiger partial charge in [-0.1, -0.05) is 30.3 Å². The lowest BCUT2D eigenvalue weighted by molar-refractivity contribution is -0.384. The first-order valence-electron chi connectivity index (χ1n) is 8.02. The summed E-state index contributed by atoms with van der Waals surface area (Å²) in [5, 5.41) is 24.4. The zero-order valence-corrected chi connectivity index (χ0v) is 14.1. The number of hydrazone groups is 1. The Morgan fingerprint density at radius 2 is 1.41 bits per heavy atom. The van der Waals surface area contributed by atoms with Crippen molar-refractivity contribution < 1.29 is 14.8 Å². The van der Waals surface area contributed by atoms with Crippen molar-refractivity contribution in [1.29, 1.82) is 0 Å². The SMILES string of the molecule is O=C(NN=C(c1ccccc1)c1ccc(O)cc1)c1ccc([N+](=O)[O-])cc1. The number of amides is 1. The van der Waals surface area contributed by atoms with E-state index in [4.69, 9.17) is 0 Å². The van der Waals surface area contributed by atoms with Crippen molar-refractivity contribution in [2.75, 3.05) is 0 Å². The first-order chi connectivity index (χ1) is 13.0. The molecule has 0 aliphatic heterocycles. The number of nitro groups is 1. The van der Waals surface area contributed by atoms with Gasteiger partial charge in [-0.3, -0.25) is 14.9 Å². The maximum absolute atomic E-state index is 12.3. The van der Waals surface area contributed by atoms with Gasteiger partial charge in [-0.2, -0.15) is 5.10 Å². The third-order valence-electron chi connectivity index (χ3n) is 3.80. The molecule has 0 atom stereocenters. The van der Waals surface area contributed by atoms with Gasteiger partial charge in [-0.05, 0) is 36.4 Å². The van der Waals surface area contributed by atoms with Gasteiger partial charge < -0.3 is 5.11 Å². The van der Waals surface area contributed by atoms with Gasteiger partial charge in [-0.15, -0.1) is 0 Å². The van der Waals surface area contributed by atoms with E-state index in [0.717, 1.165) is 5.56 Å². The van der Waals surface area contributed by atoms with E-state index in [0.29, 0.717) is 11.3 Å². The van der Waals surface area contributed by atoms with Gasteiger partial charge in [-0.25, -0.2) is 5.43 Å². The molecule has 3 rings (SSSR count). The number of hydrogen-bond acceptors (Lipinski definition) is 5. The van der Waals surface area contributed by atoms with E-state index in [1.54, 1.807) is 12.1 Å². The molecule has 7 nitrogen and oxygen atoms in total. The maximum Gasteiger partial charge on any atom is 0.271 e. The normalized spacial score (nSPS) is 11.0. The molecule has 0 spiro atoms. The minimum atomic E-state index is -0.530. The van der Waals surface area contributed by atoms with Crippen LogP contribution >= 0.6 is 0 Å². The van der Waals surface area contributed by atoms with Crippen LogP contribution in [0.3, 0.4) is 0 Å². The summed E-state index contributed by atoms with van der Waals surface area (Å²) in [5.74, 6) is -0.363. The Morgan fingerprint density at radius 1 is 0.852 bits per heavy atom. The Balaban J connectivity index is 1.88. The second-order valence-electron chi connectivity index (χ2n) is 5.62. The molecule has 0 aliphatic rings. The zero-order chi connectivity index (χ0) is 19.2. The zero-order valence-electron chi connectivity index (χ0n) is 14.1. The van der Waals surface area contributed by atoms with Crippen molar-refractivity contribution in [3.63, 3.8) is 0 Å². The number of non-ortho nitro benzene ring substituents is 1. The number of nitrogens with one attached hydrogen (secondary N) is 1. The summed E-state index contributed by atoms with van der Waals surface area (Å²) in [6.07, 6.45) is 0. The molecule has 3 aromatic rings. The van der Waals surface area contributed by atoms with E-state index in [2.05, 4.69) is 10.5 Å². The molecule has 0 unspecified atom stereocenters. The van der Waals surface area contributed by atoms with Crippen LogP contribution in [0.25, 0.3) is 0 Å². The van der Waals surface area contributed by atoms with Gasteiger partial charge in [0.1, 0.15) is 5.75 Å². The molecule has 1 amide bonds. The van der Waals surface area contributed by atoms with Crippen molar-refractivity contribution in [1.82, 2.24) is 5.43 Å². The Bertz CT molecular complexity index is 982. The summed E-state index contributed by atoms with van der Waals surface area (Å²) in [5.41, 5.74) is 4.65. The summed E-state index contributed by atoms with van der Waals surface area (Å²) >= 11 is 0. The van der Waals surface area contributed by atoms with E-state index < -0.39 is 10.8 Å². The molecule has 134 valence electrons. The molecular weight excluding hydrogens is 346 g/mol. The van der Waals surface area contributed by atoms with Crippen LogP contribution in [0.5, 0.6) is 5.75 Å². The highest BCUT2D eigenvalue weighted by Gasteiger charge is 2.11. The van der Waals surface area contributed by atoms with E-state index in [9.17, 15) is 20.0 Å². The maximum atomic E-state index is 12.3. The Hall–Kier alpha value is -4.00. The summed E-state index contributed by atoms with van der Waals surface area (Å²) in [6.45, 7) is 0. The number of carbonyl (C=O) groups excluding carboxylic acids is 1. The van der Waals surface area contributed by atoms with Crippen LogP contribution in [0.4, 0.5) is 5.69 Å². The van der Waals surface area contributed by atoms with Gasteiger partial charge in [0, 0.05) is 28.8 Å². The highest BCUT2D eigenvalue weighted by Crippen LogP contribution is 2.15. The second-order valence-corrected chi connectivity index (χ2v) is 5.62. The van der Waals surface area contributed by atoms with E-state index in [1.165, 1.54) is 36.4 Å². The van der Waals surface area contributed by atoms with Crippen molar-refractivity contribution in [3.05, 3.63) is 106 Å². The first-order valence-corrected chi connectivity index (χ1v) is 8.02. The van der Waals surface area contributed by atoms with Crippen molar-refractivity contribution in [3.8, 4) is 5.75 Å². The fraction of sp³-hybridized carbons (Fsp3) is 0. The highest BCUT2D eigenvalue weighted by atomic mass is 16.6. The van der Waals surface area contributed by atoms with Gasteiger partial charge in [0.2, 0.25) is 0 Å². The molecule has 3 aromatic carbocycles. The average Bonchev–Trinajstić information content (AvgIpc) is 2.70. The highest BCUT2D eigenvalue weighted by molar-refractivity contribution is 6.13. The minimum absolute atomic E-state index is 0.0934. The lowest BCUT2D eigenvalue weighted by Crippen LogP contribution is -2.20. The smallest absolute Gasteiger partial charge is 0.271 e. The molecule has 0 aliphatic carbocycles. The van der Waals surface area contributed by atoms with Gasteiger partial charge >= 0.3 is 0 Å². The molecular formula is C20H15N3O4. The topological polar surface area (TPSA) is 105 Å². The predicted molar refractivity (Wildman–Crippen MR) is 101 cm³/mol. The average molecular weight is 361 g/mol. The lowest BCUT2D eigenvalue weighted by atomic mass is 10.0. The summed E-state index contributed by atoms with van der Waals surface area (Å²) in [4.78, 5) is 22.5. The molecule has 2 N–H and O–H groups in total. The number of nitrogens with zero attached hydrogens (tertiary/aromatic N) is 2. The van der Waals surface area contributed by atoms with E-state index >= 15 is 0 Å². The number of carbonyl (C=O) groups is 1. The van der Waals surface area contributed by atoms with E-state index in [-0.39, 0.29) is 17.0 Å². The van der Waals surface area contributed by atoms with Crippen LogP contribution in [-0.2, 0) is 0 Å². The number of aromatic hydroxyl groups is 1. The molecule has 0 bridgehead atoms. The number of phenolic OH excluding ortho intramolecular Hbond substituents is 1. The molecule has 0 aromatic heterocycles. The summed E-state index contributed by atoms with van der Waals surface area (Å²) in [6, 6.07) is 21.0. The van der Waals surface area contributed by atoms with Gasteiger partial charge in [0.05, 0.1) is 10.6 Å². The molecule has 7 heteroatoms. The van der Waals surface area contributed by atoms with Crippen LogP contribution in [0.15, 0.2) is 84.0 Å². The number of nitro benzene ring substituents is 1. The van der Waals surface area contributed by atoms with Crippen LogP contribution in [0.2, 0.25) is 0 Å². The van der Waals surface area contributed by atoms with Gasteiger partial charge in [0.15, 0.2) is 0 Å². The van der Waals surface area contributed by atoms with E-state index in [1.807, 2.05) is 30.3 Å². The molecule has 0 fully saturated rings. The fourth-order valence-corrected chi connectivity index (χ4v) is 2.42. The third-order valence-corrected chi connectivity index (χ3v) is 3.80. The van der Waals surface area contributed by atoms with Crippen LogP contribution < -0.4 is 5.43 Å². The number of hydrogen-bond donors (Lipinski definition) is 2. The number of phenols is 1.